The normalized spacial score (nSPS) is 12.5. The van der Waals surface area contributed by atoms with E-state index >= 15 is 0 Å². The molecule has 0 aliphatic carbocycles. The van der Waals surface area contributed by atoms with Gasteiger partial charge in [0.2, 0.25) is 0 Å². The van der Waals surface area contributed by atoms with Gasteiger partial charge >= 0.3 is 0 Å². The number of hydrogen-bond acceptors (Lipinski definition) is 2. The van der Waals surface area contributed by atoms with Crippen molar-refractivity contribution in [2.75, 3.05) is 19.3 Å². The zero-order chi connectivity index (χ0) is 20.1. The predicted molar refractivity (Wildman–Crippen MR) is 118 cm³/mol. The molecule has 0 radical (unpaired) electrons. The Balaban J connectivity index is 2.15. The monoisotopic (exact) mass is 393 g/mol. The standard InChI is InChI=1S/C23H40NO2P/c1-20(2)18-24(19-21(3)4)23(25)27(26)17-13-8-6-5-7-10-14-22-15-11-9-12-16-22/h9,11-12,15-16,20-21,27H,5-8,10,13-14,17-19H2,1-4H3. The van der Waals surface area contributed by atoms with Crippen LogP contribution in [0.1, 0.15) is 71.8 Å². The highest BCUT2D eigenvalue weighted by atomic mass is 31.1. The molecule has 1 atom stereocenters. The lowest BCUT2D eigenvalue weighted by molar-refractivity contribution is 0.206. The predicted octanol–water partition coefficient (Wildman–Crippen LogP) is 6.86. The molecule has 0 heterocycles. The van der Waals surface area contributed by atoms with Gasteiger partial charge in [-0.3, -0.25) is 4.79 Å². The average Bonchev–Trinajstić information content (AvgIpc) is 2.62. The number of rotatable bonds is 14. The molecule has 0 spiro atoms. The molecule has 1 aromatic carbocycles. The maximum Gasteiger partial charge on any atom is 0.278 e. The minimum atomic E-state index is -2.15. The first-order valence-corrected chi connectivity index (χ1v) is 12.4. The molecule has 154 valence electrons. The fourth-order valence-corrected chi connectivity index (χ4v) is 4.69. The van der Waals surface area contributed by atoms with Crippen LogP contribution in [0.4, 0.5) is 4.79 Å². The largest absolute Gasteiger partial charge is 0.336 e. The summed E-state index contributed by atoms with van der Waals surface area (Å²) in [4.78, 5) is 14.3. The van der Waals surface area contributed by atoms with Gasteiger partial charge in [-0.25, -0.2) is 0 Å². The van der Waals surface area contributed by atoms with Crippen LogP contribution < -0.4 is 0 Å². The van der Waals surface area contributed by atoms with Gasteiger partial charge in [0, 0.05) is 19.3 Å². The van der Waals surface area contributed by atoms with E-state index in [9.17, 15) is 9.36 Å². The van der Waals surface area contributed by atoms with Crippen LogP contribution in [0.5, 0.6) is 0 Å². The van der Waals surface area contributed by atoms with Gasteiger partial charge in [-0.05, 0) is 36.7 Å². The lowest BCUT2D eigenvalue weighted by Crippen LogP contribution is -2.34. The van der Waals surface area contributed by atoms with E-state index in [1.54, 1.807) is 0 Å². The van der Waals surface area contributed by atoms with Gasteiger partial charge in [-0.2, -0.15) is 0 Å². The molecule has 0 aromatic heterocycles. The van der Waals surface area contributed by atoms with E-state index in [1.165, 1.54) is 31.2 Å². The van der Waals surface area contributed by atoms with Crippen molar-refractivity contribution in [3.63, 3.8) is 0 Å². The Morgan fingerprint density at radius 2 is 1.37 bits per heavy atom. The summed E-state index contributed by atoms with van der Waals surface area (Å²) in [5.41, 5.74) is 1.33. The van der Waals surface area contributed by atoms with Gasteiger partial charge in [0.15, 0.2) is 7.80 Å². The molecule has 0 N–H and O–H groups in total. The first kappa shape index (κ1) is 24.0. The minimum absolute atomic E-state index is 0.0924. The number of carbonyl (C=O) groups excluding carboxylic acids is 1. The Bertz CT molecular complexity index is 533. The third kappa shape index (κ3) is 11.4. The van der Waals surface area contributed by atoms with Crippen LogP contribution in [0.3, 0.4) is 0 Å². The number of aryl methyl sites for hydroxylation is 1. The van der Waals surface area contributed by atoms with Crippen LogP contribution in [0.2, 0.25) is 0 Å². The van der Waals surface area contributed by atoms with E-state index in [2.05, 4.69) is 58.0 Å². The van der Waals surface area contributed by atoms with Crippen LogP contribution in [0, 0.1) is 11.8 Å². The van der Waals surface area contributed by atoms with E-state index in [1.807, 2.05) is 4.90 Å². The smallest absolute Gasteiger partial charge is 0.278 e. The molecule has 0 aliphatic heterocycles. The molecule has 0 saturated carbocycles. The van der Waals surface area contributed by atoms with Gasteiger partial charge in [-0.1, -0.05) is 83.7 Å². The number of carbonyl (C=O) groups is 1. The van der Waals surface area contributed by atoms with Crippen LogP contribution in [0.25, 0.3) is 0 Å². The first-order valence-electron chi connectivity index (χ1n) is 10.8. The second kappa shape index (κ2) is 14.0. The lowest BCUT2D eigenvalue weighted by Gasteiger charge is -2.26. The van der Waals surface area contributed by atoms with Gasteiger partial charge in [0.25, 0.3) is 5.65 Å². The summed E-state index contributed by atoms with van der Waals surface area (Å²) in [6.45, 7) is 9.86. The molecular weight excluding hydrogens is 353 g/mol. The highest BCUT2D eigenvalue weighted by Crippen LogP contribution is 2.28. The molecule has 0 aliphatic rings. The Morgan fingerprint density at radius 3 is 1.93 bits per heavy atom. The molecule has 1 unspecified atom stereocenters. The zero-order valence-corrected chi connectivity index (χ0v) is 18.9. The highest BCUT2D eigenvalue weighted by molar-refractivity contribution is 7.63. The number of unbranched alkanes of at least 4 members (excludes halogenated alkanes) is 5. The fraction of sp³-hybridized carbons (Fsp3) is 0.696. The third-order valence-electron chi connectivity index (χ3n) is 4.66. The summed E-state index contributed by atoms with van der Waals surface area (Å²) < 4.78 is 12.4. The number of hydrogen-bond donors (Lipinski definition) is 0. The molecule has 0 bridgehead atoms. The average molecular weight is 394 g/mol. The topological polar surface area (TPSA) is 37.4 Å². The van der Waals surface area contributed by atoms with Crippen molar-refractivity contribution in [1.82, 2.24) is 4.90 Å². The molecule has 4 heteroatoms. The Morgan fingerprint density at radius 1 is 0.852 bits per heavy atom. The van der Waals surface area contributed by atoms with E-state index in [0.717, 1.165) is 32.4 Å². The Hall–Kier alpha value is -1.08. The van der Waals surface area contributed by atoms with Crippen molar-refractivity contribution in [1.29, 1.82) is 0 Å². The molecule has 1 amide bonds. The van der Waals surface area contributed by atoms with E-state index in [4.69, 9.17) is 0 Å². The maximum absolute atomic E-state index is 12.5. The summed E-state index contributed by atoms with van der Waals surface area (Å²) in [7, 11) is -2.15. The second-order valence-corrected chi connectivity index (χ2v) is 10.3. The van der Waals surface area contributed by atoms with Crippen molar-refractivity contribution in [3.8, 4) is 0 Å². The second-order valence-electron chi connectivity index (χ2n) is 8.53. The number of benzene rings is 1. The van der Waals surface area contributed by atoms with Gasteiger partial charge < -0.3 is 9.46 Å². The fourth-order valence-electron chi connectivity index (χ4n) is 3.37. The molecule has 1 rings (SSSR count). The summed E-state index contributed by atoms with van der Waals surface area (Å²) in [5, 5.41) is 0. The summed E-state index contributed by atoms with van der Waals surface area (Å²) in [6, 6.07) is 10.6. The zero-order valence-electron chi connectivity index (χ0n) is 17.9. The van der Waals surface area contributed by atoms with Crippen LogP contribution in [-0.4, -0.2) is 29.8 Å². The maximum atomic E-state index is 12.5. The molecule has 0 saturated heterocycles. The van der Waals surface area contributed by atoms with Crippen molar-refractivity contribution in [2.45, 2.75) is 72.6 Å². The summed E-state index contributed by atoms with van der Waals surface area (Å²) >= 11 is 0. The highest BCUT2D eigenvalue weighted by Gasteiger charge is 2.21. The molecule has 27 heavy (non-hydrogen) atoms. The van der Waals surface area contributed by atoms with Gasteiger partial charge in [-0.15, -0.1) is 0 Å². The van der Waals surface area contributed by atoms with Crippen molar-refractivity contribution < 1.29 is 9.36 Å². The van der Waals surface area contributed by atoms with Gasteiger partial charge in [0.05, 0.1) is 0 Å². The first-order chi connectivity index (χ1) is 12.9. The summed E-state index contributed by atoms with van der Waals surface area (Å²) in [5.74, 6) is 0.830. The van der Waals surface area contributed by atoms with Gasteiger partial charge in [0.1, 0.15) is 0 Å². The Labute approximate surface area is 167 Å². The SMILES string of the molecule is CC(C)CN(CC(C)C)C(=O)[PH](=O)CCCCCCCCc1ccccc1. The minimum Gasteiger partial charge on any atom is -0.336 e. The van der Waals surface area contributed by atoms with E-state index in [-0.39, 0.29) is 5.65 Å². The van der Waals surface area contributed by atoms with E-state index in [0.29, 0.717) is 18.0 Å². The lowest BCUT2D eigenvalue weighted by atomic mass is 10.1. The molecular formula is C23H40NO2P. The van der Waals surface area contributed by atoms with Crippen LogP contribution >= 0.6 is 7.80 Å². The van der Waals surface area contributed by atoms with Crippen molar-refractivity contribution in [2.24, 2.45) is 11.8 Å². The quantitative estimate of drug-likeness (QED) is 0.256. The number of nitrogens with zero attached hydrogens (tertiary/aromatic N) is 1. The van der Waals surface area contributed by atoms with Crippen LogP contribution in [0.15, 0.2) is 30.3 Å². The van der Waals surface area contributed by atoms with Crippen LogP contribution in [-0.2, 0) is 11.0 Å². The van der Waals surface area contributed by atoms with Crippen molar-refractivity contribution in [3.05, 3.63) is 35.9 Å². The third-order valence-corrected chi connectivity index (χ3v) is 6.26. The van der Waals surface area contributed by atoms with E-state index < -0.39 is 7.80 Å². The van der Waals surface area contributed by atoms with Crippen molar-refractivity contribution >= 4 is 13.4 Å². The Kier molecular flexibility index (Phi) is 12.4. The summed E-state index contributed by atoms with van der Waals surface area (Å²) in [6.07, 6.45) is 8.64. The number of amides is 1. The molecule has 0 fully saturated rings. The molecule has 1 aromatic rings. The molecule has 3 nitrogen and oxygen atoms in total.